The molecule has 0 heterocycles. The Hall–Kier alpha value is -4.20. The summed E-state index contributed by atoms with van der Waals surface area (Å²) in [6, 6.07) is 20.9. The summed E-state index contributed by atoms with van der Waals surface area (Å²) in [7, 11) is 1.18. The Balaban J connectivity index is 1.69. The average molecular weight is 420 g/mol. The summed E-state index contributed by atoms with van der Waals surface area (Å²) in [4.78, 5) is 34.6. The molecular formula is C23H20N2O6. The molecule has 0 radical (unpaired) electrons. The Morgan fingerprint density at radius 1 is 1.00 bits per heavy atom. The van der Waals surface area contributed by atoms with Gasteiger partial charge in [0.05, 0.1) is 17.6 Å². The molecule has 8 heteroatoms. The third-order valence-corrected chi connectivity index (χ3v) is 4.46. The van der Waals surface area contributed by atoms with Gasteiger partial charge in [-0.15, -0.1) is 0 Å². The molecule has 3 aromatic carbocycles. The summed E-state index contributed by atoms with van der Waals surface area (Å²) in [5.41, 5.74) is 2.24. The van der Waals surface area contributed by atoms with Crippen LogP contribution in [0.5, 0.6) is 5.75 Å². The summed E-state index contributed by atoms with van der Waals surface area (Å²) in [5, 5.41) is 14.1. The van der Waals surface area contributed by atoms with Gasteiger partial charge in [-0.1, -0.05) is 48.5 Å². The maximum absolute atomic E-state index is 12.4. The third kappa shape index (κ3) is 5.66. The number of esters is 1. The molecule has 158 valence electrons. The number of hydrogen-bond donors (Lipinski definition) is 1. The minimum atomic E-state index is -0.706. The predicted molar refractivity (Wildman–Crippen MR) is 114 cm³/mol. The van der Waals surface area contributed by atoms with Crippen molar-refractivity contribution < 1.29 is 24.0 Å². The van der Waals surface area contributed by atoms with E-state index < -0.39 is 29.1 Å². The molecule has 0 saturated heterocycles. The summed E-state index contributed by atoms with van der Waals surface area (Å²) in [6.45, 7) is -0.432. The quantitative estimate of drug-likeness (QED) is 0.335. The molecule has 8 nitrogen and oxygen atoms in total. The molecular weight excluding hydrogens is 400 g/mol. The molecule has 0 aromatic heterocycles. The van der Waals surface area contributed by atoms with Gasteiger partial charge in [0, 0.05) is 11.8 Å². The largest absolute Gasteiger partial charge is 0.477 e. The molecule has 0 aliphatic rings. The second-order valence-electron chi connectivity index (χ2n) is 6.59. The Kier molecular flexibility index (Phi) is 6.95. The highest BCUT2D eigenvalue weighted by atomic mass is 16.6. The maximum atomic E-state index is 12.4. The molecule has 1 N–H and O–H groups in total. The topological polar surface area (TPSA) is 108 Å². The molecule has 0 fully saturated rings. The van der Waals surface area contributed by atoms with Crippen LogP contribution in [0.2, 0.25) is 0 Å². The maximum Gasteiger partial charge on any atom is 0.338 e. The monoisotopic (exact) mass is 420 g/mol. The normalized spacial score (nSPS) is 10.2. The first-order chi connectivity index (χ1) is 15.0. The van der Waals surface area contributed by atoms with E-state index in [-0.39, 0.29) is 11.3 Å². The number of nitro groups is 1. The zero-order chi connectivity index (χ0) is 22.2. The number of anilines is 1. The highest BCUT2D eigenvalue weighted by Crippen LogP contribution is 2.28. The molecule has 0 aliphatic carbocycles. The smallest absolute Gasteiger partial charge is 0.338 e. The minimum Gasteiger partial charge on any atom is -0.477 e. The van der Waals surface area contributed by atoms with Crippen molar-refractivity contribution in [3.8, 4) is 5.75 Å². The van der Waals surface area contributed by atoms with E-state index in [1.165, 1.54) is 19.2 Å². The van der Waals surface area contributed by atoms with Crippen molar-refractivity contribution in [2.24, 2.45) is 0 Å². The van der Waals surface area contributed by atoms with Gasteiger partial charge in [0.15, 0.2) is 12.4 Å². The number of ether oxygens (including phenoxy) is 2. The molecule has 31 heavy (non-hydrogen) atoms. The summed E-state index contributed by atoms with van der Waals surface area (Å²) in [5.74, 6) is -1.29. The van der Waals surface area contributed by atoms with E-state index in [1.807, 2.05) is 42.5 Å². The van der Waals surface area contributed by atoms with Gasteiger partial charge >= 0.3 is 11.7 Å². The first-order valence-electron chi connectivity index (χ1n) is 9.39. The van der Waals surface area contributed by atoms with E-state index in [2.05, 4.69) is 10.1 Å². The number of nitrogens with one attached hydrogen (secondary N) is 1. The molecule has 3 aromatic rings. The molecule has 0 atom stereocenters. The molecule has 0 aliphatic heterocycles. The number of amides is 1. The molecule has 0 spiro atoms. The number of methoxy groups -OCH3 is 1. The summed E-state index contributed by atoms with van der Waals surface area (Å²) >= 11 is 0. The molecule has 3 rings (SSSR count). The molecule has 0 unspecified atom stereocenters. The van der Waals surface area contributed by atoms with Crippen LogP contribution in [0.1, 0.15) is 21.5 Å². The van der Waals surface area contributed by atoms with Gasteiger partial charge in [-0.3, -0.25) is 14.9 Å². The average Bonchev–Trinajstić information content (AvgIpc) is 2.79. The van der Waals surface area contributed by atoms with Gasteiger partial charge in [0.2, 0.25) is 0 Å². The van der Waals surface area contributed by atoms with Crippen molar-refractivity contribution in [1.29, 1.82) is 0 Å². The Labute approximate surface area is 178 Å². The van der Waals surface area contributed by atoms with Gasteiger partial charge in [-0.25, -0.2) is 4.79 Å². The highest BCUT2D eigenvalue weighted by Gasteiger charge is 2.20. The minimum absolute atomic E-state index is 0.0147. The number of para-hydroxylation sites is 1. The lowest BCUT2D eigenvalue weighted by atomic mass is 10.0. The lowest BCUT2D eigenvalue weighted by molar-refractivity contribution is -0.385. The summed E-state index contributed by atoms with van der Waals surface area (Å²) in [6.07, 6.45) is 0.638. The highest BCUT2D eigenvalue weighted by molar-refractivity contribution is 5.93. The number of benzene rings is 3. The van der Waals surface area contributed by atoms with Crippen LogP contribution in [0.4, 0.5) is 11.4 Å². The van der Waals surface area contributed by atoms with Crippen molar-refractivity contribution >= 4 is 23.3 Å². The Morgan fingerprint density at radius 3 is 2.42 bits per heavy atom. The van der Waals surface area contributed by atoms with E-state index >= 15 is 0 Å². The molecule has 1 amide bonds. The van der Waals surface area contributed by atoms with Crippen molar-refractivity contribution in [3.05, 3.63) is 99.6 Å². The van der Waals surface area contributed by atoms with E-state index in [1.54, 1.807) is 12.1 Å². The zero-order valence-electron chi connectivity index (χ0n) is 16.7. The van der Waals surface area contributed by atoms with Gasteiger partial charge in [0.1, 0.15) is 0 Å². The van der Waals surface area contributed by atoms with Crippen LogP contribution in [0, 0.1) is 10.1 Å². The van der Waals surface area contributed by atoms with Crippen LogP contribution in [0.3, 0.4) is 0 Å². The van der Waals surface area contributed by atoms with Gasteiger partial charge < -0.3 is 14.8 Å². The van der Waals surface area contributed by atoms with E-state index in [9.17, 15) is 19.7 Å². The number of hydrogen-bond acceptors (Lipinski definition) is 6. The number of carbonyl (C=O) groups is 2. The second kappa shape index (κ2) is 10.0. The Morgan fingerprint density at radius 2 is 1.71 bits per heavy atom. The predicted octanol–water partition coefficient (Wildman–Crippen LogP) is 3.99. The van der Waals surface area contributed by atoms with Crippen LogP contribution in [-0.4, -0.2) is 30.5 Å². The number of nitro benzene ring substituents is 1. The zero-order valence-corrected chi connectivity index (χ0v) is 16.7. The standard InChI is InChI=1S/C23H20N2O6/c1-30-23(27)18-11-12-21(20(14-18)25(28)29)31-15-22(26)24-19-10-6-5-9-17(19)13-16-7-3-2-4-8-16/h2-12,14H,13,15H2,1H3,(H,24,26). The number of nitrogens with zero attached hydrogens (tertiary/aromatic N) is 1. The lowest BCUT2D eigenvalue weighted by Crippen LogP contribution is -2.21. The number of carbonyl (C=O) groups excluding carboxylic acids is 2. The van der Waals surface area contributed by atoms with Crippen molar-refractivity contribution in [1.82, 2.24) is 0 Å². The van der Waals surface area contributed by atoms with Crippen molar-refractivity contribution in [3.63, 3.8) is 0 Å². The van der Waals surface area contributed by atoms with Crippen molar-refractivity contribution in [2.75, 3.05) is 19.0 Å². The van der Waals surface area contributed by atoms with Crippen LogP contribution in [0.25, 0.3) is 0 Å². The van der Waals surface area contributed by atoms with Crippen LogP contribution in [0.15, 0.2) is 72.8 Å². The van der Waals surface area contributed by atoms with Crippen LogP contribution in [-0.2, 0) is 16.0 Å². The first kappa shape index (κ1) is 21.5. The van der Waals surface area contributed by atoms with Crippen LogP contribution >= 0.6 is 0 Å². The lowest BCUT2D eigenvalue weighted by Gasteiger charge is -2.12. The molecule has 0 saturated carbocycles. The third-order valence-electron chi connectivity index (χ3n) is 4.46. The Bertz CT molecular complexity index is 1100. The van der Waals surface area contributed by atoms with Crippen molar-refractivity contribution in [2.45, 2.75) is 6.42 Å². The SMILES string of the molecule is COC(=O)c1ccc(OCC(=O)Nc2ccccc2Cc2ccccc2)c([N+](=O)[O-])c1. The molecule has 0 bridgehead atoms. The van der Waals surface area contributed by atoms with Crippen LogP contribution < -0.4 is 10.1 Å². The van der Waals surface area contributed by atoms with Gasteiger partial charge in [-0.2, -0.15) is 0 Å². The van der Waals surface area contributed by atoms with E-state index in [0.717, 1.165) is 17.2 Å². The second-order valence-corrected chi connectivity index (χ2v) is 6.59. The fourth-order valence-electron chi connectivity index (χ4n) is 2.97. The fourth-order valence-corrected chi connectivity index (χ4v) is 2.97. The van der Waals surface area contributed by atoms with Gasteiger partial charge in [-0.05, 0) is 35.7 Å². The number of rotatable bonds is 8. The van der Waals surface area contributed by atoms with E-state index in [4.69, 9.17) is 4.74 Å². The van der Waals surface area contributed by atoms with E-state index in [0.29, 0.717) is 12.1 Å². The summed E-state index contributed by atoms with van der Waals surface area (Å²) < 4.78 is 9.92. The van der Waals surface area contributed by atoms with Gasteiger partial charge in [0.25, 0.3) is 5.91 Å². The first-order valence-corrected chi connectivity index (χ1v) is 9.39. The fraction of sp³-hybridized carbons (Fsp3) is 0.130.